The van der Waals surface area contributed by atoms with Crippen molar-refractivity contribution in [2.24, 2.45) is 7.05 Å². The Bertz CT molecular complexity index is 565. The fourth-order valence-corrected chi connectivity index (χ4v) is 1.95. The predicted octanol–water partition coefficient (Wildman–Crippen LogP) is 3.58. The summed E-state index contributed by atoms with van der Waals surface area (Å²) in [5.74, 6) is 0. The zero-order valence-corrected chi connectivity index (χ0v) is 11.4. The van der Waals surface area contributed by atoms with E-state index in [4.69, 9.17) is 17.0 Å². The molecule has 0 bridgehead atoms. The van der Waals surface area contributed by atoms with Crippen molar-refractivity contribution in [3.63, 3.8) is 0 Å². The van der Waals surface area contributed by atoms with E-state index < -0.39 is 0 Å². The van der Waals surface area contributed by atoms with Crippen LogP contribution in [0.15, 0.2) is 29.0 Å². The zero-order chi connectivity index (χ0) is 12.4. The maximum absolute atomic E-state index is 7.36. The molecule has 6 heteroatoms. The van der Waals surface area contributed by atoms with Crippen LogP contribution in [0.1, 0.15) is 5.56 Å². The molecule has 1 aromatic heterocycles. The van der Waals surface area contributed by atoms with Crippen molar-refractivity contribution in [2.45, 2.75) is 0 Å². The second-order valence-electron chi connectivity index (χ2n) is 3.53. The number of anilines is 2. The van der Waals surface area contributed by atoms with E-state index in [9.17, 15) is 0 Å². The van der Waals surface area contributed by atoms with Crippen LogP contribution in [0.2, 0.25) is 5.02 Å². The lowest BCUT2D eigenvalue weighted by Gasteiger charge is -2.09. The monoisotopic (exact) mass is 312 g/mol. The second kappa shape index (κ2) is 4.89. The number of halogens is 2. The summed E-state index contributed by atoms with van der Waals surface area (Å²) in [5, 5.41) is 15.2. The SMILES string of the molecule is Cn1cc(Nc2cc(Br)c(Cl)cc2C=N)cn1. The van der Waals surface area contributed by atoms with Gasteiger partial charge >= 0.3 is 0 Å². The minimum Gasteiger partial charge on any atom is -0.352 e. The molecule has 2 N–H and O–H groups in total. The van der Waals surface area contributed by atoms with Crippen LogP contribution in [-0.4, -0.2) is 16.0 Å². The number of aryl methyl sites for hydroxylation is 1. The molecule has 88 valence electrons. The van der Waals surface area contributed by atoms with E-state index in [0.717, 1.165) is 21.4 Å². The van der Waals surface area contributed by atoms with E-state index in [0.29, 0.717) is 5.02 Å². The minimum absolute atomic E-state index is 0.584. The molecule has 0 saturated carbocycles. The molecule has 2 rings (SSSR count). The molecular formula is C11H10BrClN4. The van der Waals surface area contributed by atoms with Gasteiger partial charge in [0.25, 0.3) is 0 Å². The Morgan fingerprint density at radius 3 is 2.88 bits per heavy atom. The maximum Gasteiger partial charge on any atom is 0.0770 e. The number of nitrogens with one attached hydrogen (secondary N) is 2. The summed E-state index contributed by atoms with van der Waals surface area (Å²) in [7, 11) is 1.85. The molecule has 0 aliphatic carbocycles. The molecule has 0 aliphatic rings. The van der Waals surface area contributed by atoms with Gasteiger partial charge in [0.2, 0.25) is 0 Å². The first-order chi connectivity index (χ1) is 8.10. The lowest BCUT2D eigenvalue weighted by Crippen LogP contribution is -1.95. The van der Waals surface area contributed by atoms with Crippen molar-refractivity contribution in [3.8, 4) is 0 Å². The second-order valence-corrected chi connectivity index (χ2v) is 4.79. The predicted molar refractivity (Wildman–Crippen MR) is 73.5 cm³/mol. The van der Waals surface area contributed by atoms with Gasteiger partial charge in [-0.1, -0.05) is 11.6 Å². The molecule has 0 saturated heterocycles. The Labute approximate surface area is 112 Å². The molecule has 17 heavy (non-hydrogen) atoms. The summed E-state index contributed by atoms with van der Waals surface area (Å²) in [6, 6.07) is 3.58. The van der Waals surface area contributed by atoms with Gasteiger partial charge in [-0.25, -0.2) is 0 Å². The third-order valence-corrected chi connectivity index (χ3v) is 3.43. The summed E-state index contributed by atoms with van der Waals surface area (Å²) < 4.78 is 2.49. The van der Waals surface area contributed by atoms with Crippen LogP contribution in [0.4, 0.5) is 11.4 Å². The molecule has 0 amide bonds. The number of rotatable bonds is 3. The molecule has 0 radical (unpaired) electrons. The Balaban J connectivity index is 2.37. The number of nitrogens with zero attached hydrogens (tertiary/aromatic N) is 2. The van der Waals surface area contributed by atoms with Crippen molar-refractivity contribution in [1.29, 1.82) is 5.41 Å². The Kier molecular flexibility index (Phi) is 3.49. The number of benzene rings is 1. The molecule has 0 fully saturated rings. The molecule has 2 aromatic rings. The van der Waals surface area contributed by atoms with Gasteiger partial charge in [-0.15, -0.1) is 0 Å². The van der Waals surface area contributed by atoms with Gasteiger partial charge in [0.1, 0.15) is 0 Å². The van der Waals surface area contributed by atoms with Crippen LogP contribution in [0.3, 0.4) is 0 Å². The van der Waals surface area contributed by atoms with Crippen LogP contribution in [0.25, 0.3) is 0 Å². The fraction of sp³-hybridized carbons (Fsp3) is 0.0909. The molecule has 0 atom stereocenters. The van der Waals surface area contributed by atoms with Crippen molar-refractivity contribution < 1.29 is 0 Å². The first-order valence-electron chi connectivity index (χ1n) is 4.85. The average Bonchev–Trinajstić information content (AvgIpc) is 2.69. The normalized spacial score (nSPS) is 10.3. The summed E-state index contributed by atoms with van der Waals surface area (Å²) in [6.07, 6.45) is 4.84. The van der Waals surface area contributed by atoms with Crippen molar-refractivity contribution in [2.75, 3.05) is 5.32 Å². The number of hydrogen-bond acceptors (Lipinski definition) is 3. The molecule has 1 aromatic carbocycles. The number of hydrogen-bond donors (Lipinski definition) is 2. The summed E-state index contributed by atoms with van der Waals surface area (Å²) >= 11 is 9.34. The van der Waals surface area contributed by atoms with Crippen molar-refractivity contribution in [1.82, 2.24) is 9.78 Å². The van der Waals surface area contributed by atoms with E-state index in [2.05, 4.69) is 26.3 Å². The standard InChI is InChI=1S/C11H10BrClN4/c1-17-6-8(5-15-17)16-11-3-9(12)10(13)2-7(11)4-14/h2-6,14,16H,1H3. The van der Waals surface area contributed by atoms with Gasteiger partial charge in [0, 0.05) is 35.2 Å². The van der Waals surface area contributed by atoms with Gasteiger partial charge in [0.05, 0.1) is 16.9 Å². The number of aromatic nitrogens is 2. The van der Waals surface area contributed by atoms with E-state index in [1.54, 1.807) is 16.9 Å². The largest absolute Gasteiger partial charge is 0.352 e. The van der Waals surface area contributed by atoms with E-state index >= 15 is 0 Å². The summed E-state index contributed by atoms with van der Waals surface area (Å²) in [6.45, 7) is 0. The van der Waals surface area contributed by atoms with Gasteiger partial charge in [-0.2, -0.15) is 5.10 Å². The van der Waals surface area contributed by atoms with Crippen LogP contribution >= 0.6 is 27.5 Å². The van der Waals surface area contributed by atoms with E-state index in [-0.39, 0.29) is 0 Å². The lowest BCUT2D eigenvalue weighted by molar-refractivity contribution is 0.768. The average molecular weight is 314 g/mol. The summed E-state index contributed by atoms with van der Waals surface area (Å²) in [5.41, 5.74) is 2.40. The van der Waals surface area contributed by atoms with E-state index in [1.807, 2.05) is 19.3 Å². The topological polar surface area (TPSA) is 53.7 Å². The highest BCUT2D eigenvalue weighted by Gasteiger charge is 2.06. The molecule has 0 spiro atoms. The van der Waals surface area contributed by atoms with Gasteiger partial charge in [0.15, 0.2) is 0 Å². The van der Waals surface area contributed by atoms with Crippen LogP contribution in [-0.2, 0) is 7.05 Å². The summed E-state index contributed by atoms with van der Waals surface area (Å²) in [4.78, 5) is 0. The van der Waals surface area contributed by atoms with Gasteiger partial charge in [-0.3, -0.25) is 4.68 Å². The molecule has 0 unspecified atom stereocenters. The van der Waals surface area contributed by atoms with Gasteiger partial charge < -0.3 is 10.7 Å². The third-order valence-electron chi connectivity index (χ3n) is 2.23. The molecular weight excluding hydrogens is 304 g/mol. The highest BCUT2D eigenvalue weighted by Crippen LogP contribution is 2.30. The Morgan fingerprint density at radius 1 is 1.53 bits per heavy atom. The van der Waals surface area contributed by atoms with Crippen LogP contribution in [0.5, 0.6) is 0 Å². The highest BCUT2D eigenvalue weighted by atomic mass is 79.9. The van der Waals surface area contributed by atoms with Crippen LogP contribution in [0, 0.1) is 5.41 Å². The molecule has 1 heterocycles. The Hall–Kier alpha value is -1.33. The van der Waals surface area contributed by atoms with Crippen molar-refractivity contribution in [3.05, 3.63) is 39.6 Å². The maximum atomic E-state index is 7.36. The minimum atomic E-state index is 0.584. The first kappa shape index (κ1) is 12.1. The highest BCUT2D eigenvalue weighted by molar-refractivity contribution is 9.10. The van der Waals surface area contributed by atoms with Gasteiger partial charge in [-0.05, 0) is 28.1 Å². The lowest BCUT2D eigenvalue weighted by atomic mass is 10.2. The first-order valence-corrected chi connectivity index (χ1v) is 6.02. The molecule has 4 nitrogen and oxygen atoms in total. The third kappa shape index (κ3) is 2.68. The zero-order valence-electron chi connectivity index (χ0n) is 9.04. The Morgan fingerprint density at radius 2 is 2.29 bits per heavy atom. The smallest absolute Gasteiger partial charge is 0.0770 e. The van der Waals surface area contributed by atoms with E-state index in [1.165, 1.54) is 6.21 Å². The van der Waals surface area contributed by atoms with Crippen LogP contribution < -0.4 is 5.32 Å². The quantitative estimate of drug-likeness (QED) is 0.851. The molecule has 0 aliphatic heterocycles. The van der Waals surface area contributed by atoms with Crippen molar-refractivity contribution >= 4 is 45.1 Å². The fourth-order valence-electron chi connectivity index (χ4n) is 1.43.